The van der Waals surface area contributed by atoms with Crippen molar-refractivity contribution in [1.29, 1.82) is 0 Å². The Kier molecular flexibility index (Phi) is 5.15. The molecule has 0 aliphatic carbocycles. The molecular weight excluding hydrogens is 405 g/mol. The molecule has 0 radical (unpaired) electrons. The predicted octanol–water partition coefficient (Wildman–Crippen LogP) is 4.86. The second kappa shape index (κ2) is 6.34. The van der Waals surface area contributed by atoms with E-state index in [9.17, 15) is 8.42 Å². The molecule has 3 nitrogen and oxygen atoms in total. The highest BCUT2D eigenvalue weighted by atomic mass is 79.9. The number of nitrogens with one attached hydrogen (secondary N) is 1. The van der Waals surface area contributed by atoms with Crippen LogP contribution in [0.2, 0.25) is 10.0 Å². The van der Waals surface area contributed by atoms with Crippen molar-refractivity contribution >= 4 is 60.5 Å². The molecule has 0 fully saturated rings. The van der Waals surface area contributed by atoms with E-state index in [2.05, 4.69) is 20.7 Å². The van der Waals surface area contributed by atoms with E-state index in [0.717, 1.165) is 20.7 Å². The summed E-state index contributed by atoms with van der Waals surface area (Å²) in [6.07, 6.45) is 0. The number of hydrogen-bond acceptors (Lipinski definition) is 3. The zero-order valence-corrected chi connectivity index (χ0v) is 15.0. The number of hydrogen-bond donors (Lipinski definition) is 1. The van der Waals surface area contributed by atoms with E-state index < -0.39 is 16.1 Å². The summed E-state index contributed by atoms with van der Waals surface area (Å²) in [7, 11) is -3.55. The maximum absolute atomic E-state index is 12.2. The van der Waals surface area contributed by atoms with Gasteiger partial charge in [-0.1, -0.05) is 29.3 Å². The quantitative estimate of drug-likeness (QED) is 0.776. The summed E-state index contributed by atoms with van der Waals surface area (Å²) in [6, 6.07) is 7.89. The van der Waals surface area contributed by atoms with Crippen molar-refractivity contribution in [2.75, 3.05) is 0 Å². The van der Waals surface area contributed by atoms with Crippen LogP contribution < -0.4 is 4.72 Å². The van der Waals surface area contributed by atoms with Gasteiger partial charge in [0.15, 0.2) is 0 Å². The normalized spacial score (nSPS) is 13.4. The molecule has 0 bridgehead atoms. The fraction of sp³-hybridized carbons (Fsp3) is 0.167. The van der Waals surface area contributed by atoms with Gasteiger partial charge in [0, 0.05) is 6.04 Å². The van der Waals surface area contributed by atoms with E-state index in [4.69, 9.17) is 23.2 Å². The Morgan fingerprint density at radius 2 is 1.90 bits per heavy atom. The maximum Gasteiger partial charge on any atom is 0.250 e. The average Bonchev–Trinajstić information content (AvgIpc) is 2.79. The van der Waals surface area contributed by atoms with Gasteiger partial charge >= 0.3 is 0 Å². The summed E-state index contributed by atoms with van der Waals surface area (Å²) in [5.41, 5.74) is 0.749. The highest BCUT2D eigenvalue weighted by Gasteiger charge is 2.20. The molecular formula is C12H10BrCl2NO2S2. The summed E-state index contributed by atoms with van der Waals surface area (Å²) in [6.45, 7) is 1.75. The first-order valence-electron chi connectivity index (χ1n) is 5.52. The van der Waals surface area contributed by atoms with Crippen LogP contribution >= 0.6 is 50.5 Å². The minimum atomic E-state index is -3.55. The Labute approximate surface area is 140 Å². The first kappa shape index (κ1) is 16.3. The monoisotopic (exact) mass is 413 g/mol. The topological polar surface area (TPSA) is 46.2 Å². The minimum absolute atomic E-state index is 0.260. The number of halogens is 3. The summed E-state index contributed by atoms with van der Waals surface area (Å²) in [5.74, 6) is 0. The highest BCUT2D eigenvalue weighted by Crippen LogP contribution is 2.29. The maximum atomic E-state index is 12.2. The molecule has 1 heterocycles. The minimum Gasteiger partial charge on any atom is -0.206 e. The molecule has 8 heteroatoms. The SMILES string of the molecule is CC(NS(=O)(=O)c1ccc(Br)s1)c1ccc(Cl)c(Cl)c1. The molecule has 1 N–H and O–H groups in total. The number of benzene rings is 1. The fourth-order valence-electron chi connectivity index (χ4n) is 1.58. The molecule has 0 spiro atoms. The molecule has 0 aliphatic rings. The molecule has 0 aliphatic heterocycles. The molecule has 20 heavy (non-hydrogen) atoms. The third kappa shape index (κ3) is 3.75. The van der Waals surface area contributed by atoms with Gasteiger partial charge in [-0.05, 0) is 52.7 Å². The van der Waals surface area contributed by atoms with Crippen LogP contribution in [0.15, 0.2) is 38.3 Å². The van der Waals surface area contributed by atoms with E-state index >= 15 is 0 Å². The first-order chi connectivity index (χ1) is 9.29. The first-order valence-corrected chi connectivity index (χ1v) is 9.37. The van der Waals surface area contributed by atoms with E-state index in [1.54, 1.807) is 37.3 Å². The van der Waals surface area contributed by atoms with Crippen molar-refractivity contribution in [1.82, 2.24) is 4.72 Å². The smallest absolute Gasteiger partial charge is 0.206 e. The molecule has 1 aromatic carbocycles. The molecule has 108 valence electrons. The highest BCUT2D eigenvalue weighted by molar-refractivity contribution is 9.11. The third-order valence-electron chi connectivity index (χ3n) is 2.59. The molecule has 1 unspecified atom stereocenters. The van der Waals surface area contributed by atoms with Crippen molar-refractivity contribution in [2.45, 2.75) is 17.2 Å². The Morgan fingerprint density at radius 3 is 2.45 bits per heavy atom. The van der Waals surface area contributed by atoms with Gasteiger partial charge < -0.3 is 0 Å². The van der Waals surface area contributed by atoms with Crippen molar-refractivity contribution < 1.29 is 8.42 Å². The third-order valence-corrected chi connectivity index (χ3v) is 6.98. The fourth-order valence-corrected chi connectivity index (χ4v) is 5.15. The Balaban J connectivity index is 2.22. The van der Waals surface area contributed by atoms with Crippen LogP contribution in [0.5, 0.6) is 0 Å². The molecule has 1 aromatic heterocycles. The molecule has 0 amide bonds. The van der Waals surface area contributed by atoms with E-state index in [-0.39, 0.29) is 4.21 Å². The molecule has 2 aromatic rings. The van der Waals surface area contributed by atoms with Gasteiger partial charge in [0.1, 0.15) is 4.21 Å². The zero-order chi connectivity index (χ0) is 14.9. The van der Waals surface area contributed by atoms with E-state index in [1.165, 1.54) is 0 Å². The van der Waals surface area contributed by atoms with Crippen LogP contribution in [0, 0.1) is 0 Å². The van der Waals surface area contributed by atoms with Gasteiger partial charge in [0.2, 0.25) is 0 Å². The van der Waals surface area contributed by atoms with Gasteiger partial charge in [0.05, 0.1) is 13.8 Å². The summed E-state index contributed by atoms with van der Waals surface area (Å²) in [4.78, 5) is 0. The average molecular weight is 415 g/mol. The Hall–Kier alpha value is -0.110. The molecule has 0 saturated heterocycles. The van der Waals surface area contributed by atoms with Crippen LogP contribution in [0.1, 0.15) is 18.5 Å². The van der Waals surface area contributed by atoms with E-state index in [1.807, 2.05) is 0 Å². The second-order valence-corrected chi connectivity index (χ2v) is 9.29. The summed E-state index contributed by atoms with van der Waals surface area (Å²) < 4.78 is 28.0. The largest absolute Gasteiger partial charge is 0.250 e. The lowest BCUT2D eigenvalue weighted by molar-refractivity contribution is 0.569. The van der Waals surface area contributed by atoms with Crippen LogP contribution in [-0.4, -0.2) is 8.42 Å². The lowest BCUT2D eigenvalue weighted by Gasteiger charge is -2.14. The van der Waals surface area contributed by atoms with Crippen molar-refractivity contribution in [3.05, 3.63) is 49.7 Å². The van der Waals surface area contributed by atoms with Crippen LogP contribution in [0.25, 0.3) is 0 Å². The molecule has 0 saturated carbocycles. The summed E-state index contributed by atoms with van der Waals surface area (Å²) in [5, 5.41) is 0.835. The molecule has 1 atom stereocenters. The van der Waals surface area contributed by atoms with Crippen LogP contribution in [0.4, 0.5) is 0 Å². The zero-order valence-electron chi connectivity index (χ0n) is 10.2. The van der Waals surface area contributed by atoms with Gasteiger partial charge in [-0.25, -0.2) is 13.1 Å². The number of thiophene rings is 1. The van der Waals surface area contributed by atoms with Gasteiger partial charge in [-0.2, -0.15) is 0 Å². The van der Waals surface area contributed by atoms with Crippen molar-refractivity contribution in [3.63, 3.8) is 0 Å². The van der Waals surface area contributed by atoms with Gasteiger partial charge in [-0.15, -0.1) is 11.3 Å². The number of rotatable bonds is 4. The van der Waals surface area contributed by atoms with Gasteiger partial charge in [0.25, 0.3) is 10.0 Å². The lowest BCUT2D eigenvalue weighted by atomic mass is 10.1. The van der Waals surface area contributed by atoms with Crippen molar-refractivity contribution in [2.24, 2.45) is 0 Å². The Bertz CT molecular complexity index is 731. The van der Waals surface area contributed by atoms with Gasteiger partial charge in [-0.3, -0.25) is 0 Å². The van der Waals surface area contributed by atoms with Crippen LogP contribution in [0.3, 0.4) is 0 Å². The van der Waals surface area contributed by atoms with Crippen LogP contribution in [-0.2, 0) is 10.0 Å². The predicted molar refractivity (Wildman–Crippen MR) is 87.2 cm³/mol. The number of sulfonamides is 1. The van der Waals surface area contributed by atoms with Crippen molar-refractivity contribution in [3.8, 4) is 0 Å². The standard InChI is InChI=1S/C12H10BrCl2NO2S2/c1-7(8-2-3-9(14)10(15)6-8)16-20(17,18)12-5-4-11(13)19-12/h2-7,16H,1H3. The van der Waals surface area contributed by atoms with E-state index in [0.29, 0.717) is 10.0 Å². The Morgan fingerprint density at radius 1 is 1.20 bits per heavy atom. The second-order valence-electron chi connectivity index (χ2n) is 4.08. The lowest BCUT2D eigenvalue weighted by Crippen LogP contribution is -2.26. The summed E-state index contributed by atoms with van der Waals surface area (Å²) >= 11 is 16.2. The molecule has 2 rings (SSSR count).